The average Bonchev–Trinajstić information content (AvgIpc) is 2.30. The topological polar surface area (TPSA) is 41.6 Å². The van der Waals surface area contributed by atoms with Crippen molar-refractivity contribution in [3.8, 4) is 0 Å². The molecule has 1 saturated heterocycles. The lowest BCUT2D eigenvalue weighted by Gasteiger charge is -2.30. The highest BCUT2D eigenvalue weighted by molar-refractivity contribution is 5.82. The van der Waals surface area contributed by atoms with Crippen LogP contribution in [0.3, 0.4) is 0 Å². The number of nitrogens with zero attached hydrogens (tertiary/aromatic N) is 1. The van der Waals surface area contributed by atoms with Gasteiger partial charge in [0.15, 0.2) is 0 Å². The van der Waals surface area contributed by atoms with Gasteiger partial charge in [0.25, 0.3) is 0 Å². The van der Waals surface area contributed by atoms with Crippen molar-refractivity contribution in [3.63, 3.8) is 0 Å². The van der Waals surface area contributed by atoms with Gasteiger partial charge < -0.3 is 15.0 Å². The molecule has 4 nitrogen and oxygen atoms in total. The lowest BCUT2D eigenvalue weighted by atomic mass is 10.2. The number of ether oxygens (including phenoxy) is 1. The fourth-order valence-electron chi connectivity index (χ4n) is 1.79. The third-order valence-corrected chi connectivity index (χ3v) is 2.59. The van der Waals surface area contributed by atoms with Crippen LogP contribution in [-0.4, -0.2) is 49.7 Å². The Labute approximate surface area is 83.9 Å². The highest BCUT2D eigenvalue weighted by Gasteiger charge is 2.25. The van der Waals surface area contributed by atoms with Crippen molar-refractivity contribution < 1.29 is 9.53 Å². The van der Waals surface area contributed by atoms with Crippen LogP contribution in [0.2, 0.25) is 0 Å². The summed E-state index contributed by atoms with van der Waals surface area (Å²) in [7, 11) is 0. The van der Waals surface area contributed by atoms with Gasteiger partial charge in [-0.1, -0.05) is 12.2 Å². The average molecular weight is 196 g/mol. The van der Waals surface area contributed by atoms with E-state index in [0.717, 1.165) is 26.1 Å². The van der Waals surface area contributed by atoms with Crippen molar-refractivity contribution in [2.45, 2.75) is 12.5 Å². The molecule has 0 aliphatic carbocycles. The highest BCUT2D eigenvalue weighted by atomic mass is 16.5. The molecule has 78 valence electrons. The molecular weight excluding hydrogens is 180 g/mol. The Morgan fingerprint density at radius 1 is 1.50 bits per heavy atom. The van der Waals surface area contributed by atoms with E-state index in [0.29, 0.717) is 13.2 Å². The Kier molecular flexibility index (Phi) is 3.16. The second-order valence-electron chi connectivity index (χ2n) is 3.63. The van der Waals surface area contributed by atoms with E-state index in [9.17, 15) is 4.79 Å². The molecule has 0 radical (unpaired) electrons. The summed E-state index contributed by atoms with van der Waals surface area (Å²) in [6.45, 7) is 3.59. The smallest absolute Gasteiger partial charge is 0.242 e. The van der Waals surface area contributed by atoms with Crippen molar-refractivity contribution >= 4 is 5.91 Å². The van der Waals surface area contributed by atoms with Crippen LogP contribution in [0.1, 0.15) is 6.42 Å². The molecular formula is C10H16N2O2. The van der Waals surface area contributed by atoms with Crippen molar-refractivity contribution in [2.75, 3.05) is 32.8 Å². The minimum absolute atomic E-state index is 0.129. The van der Waals surface area contributed by atoms with Gasteiger partial charge in [0.1, 0.15) is 6.04 Å². The van der Waals surface area contributed by atoms with Gasteiger partial charge in [-0.05, 0) is 6.42 Å². The summed E-state index contributed by atoms with van der Waals surface area (Å²) in [5.41, 5.74) is 0. The number of hydrogen-bond donors (Lipinski definition) is 1. The van der Waals surface area contributed by atoms with Gasteiger partial charge in [0.05, 0.1) is 13.2 Å². The first-order chi connectivity index (χ1) is 6.88. The van der Waals surface area contributed by atoms with Crippen molar-refractivity contribution in [2.24, 2.45) is 0 Å². The zero-order chi connectivity index (χ0) is 9.80. The van der Waals surface area contributed by atoms with E-state index in [-0.39, 0.29) is 11.9 Å². The molecule has 4 heteroatoms. The number of rotatable bonds is 1. The van der Waals surface area contributed by atoms with Gasteiger partial charge in [0, 0.05) is 19.6 Å². The first-order valence-corrected chi connectivity index (χ1v) is 5.13. The van der Waals surface area contributed by atoms with E-state index in [4.69, 9.17) is 4.74 Å². The van der Waals surface area contributed by atoms with Gasteiger partial charge in [0.2, 0.25) is 5.91 Å². The molecule has 0 spiro atoms. The second-order valence-corrected chi connectivity index (χ2v) is 3.63. The number of hydrogen-bond acceptors (Lipinski definition) is 3. The van der Waals surface area contributed by atoms with E-state index in [1.165, 1.54) is 0 Å². The van der Waals surface area contributed by atoms with Crippen LogP contribution in [0.5, 0.6) is 0 Å². The molecule has 1 N–H and O–H groups in total. The highest BCUT2D eigenvalue weighted by Crippen LogP contribution is 2.05. The maximum atomic E-state index is 11.9. The van der Waals surface area contributed by atoms with Crippen molar-refractivity contribution in [1.29, 1.82) is 0 Å². The molecule has 2 heterocycles. The normalized spacial score (nSPS) is 27.7. The van der Waals surface area contributed by atoms with Gasteiger partial charge in [-0.2, -0.15) is 0 Å². The molecule has 0 aromatic heterocycles. The summed E-state index contributed by atoms with van der Waals surface area (Å²) in [6.07, 6.45) is 5.14. The summed E-state index contributed by atoms with van der Waals surface area (Å²) < 4.78 is 5.27. The standard InChI is InChI=1S/C10H16N2O2/c13-10(9-8-14-7-4-11-9)12-5-2-1-3-6-12/h1-2,9,11H,3-8H2/t9-/m1/s1. The molecule has 0 aromatic carbocycles. The van der Waals surface area contributed by atoms with E-state index < -0.39 is 0 Å². The van der Waals surface area contributed by atoms with Gasteiger partial charge in [-0.25, -0.2) is 0 Å². The van der Waals surface area contributed by atoms with Crippen LogP contribution in [0.25, 0.3) is 0 Å². The molecule has 0 aromatic rings. The Morgan fingerprint density at radius 3 is 3.07 bits per heavy atom. The monoisotopic (exact) mass is 196 g/mol. The zero-order valence-electron chi connectivity index (χ0n) is 8.24. The van der Waals surface area contributed by atoms with Gasteiger partial charge in [-0.15, -0.1) is 0 Å². The minimum Gasteiger partial charge on any atom is -0.378 e. The SMILES string of the molecule is O=C([C@H]1COCCN1)N1CC=CCC1. The number of carbonyl (C=O) groups is 1. The minimum atomic E-state index is -0.129. The quantitative estimate of drug-likeness (QED) is 0.589. The lowest BCUT2D eigenvalue weighted by Crippen LogP contribution is -2.53. The maximum absolute atomic E-state index is 11.9. The molecule has 1 amide bonds. The first kappa shape index (κ1) is 9.68. The predicted octanol–water partition coefficient (Wildman–Crippen LogP) is -0.237. The molecule has 0 unspecified atom stereocenters. The molecule has 2 aliphatic heterocycles. The Morgan fingerprint density at radius 2 is 2.43 bits per heavy atom. The molecule has 1 atom stereocenters. The third-order valence-electron chi connectivity index (χ3n) is 2.59. The Balaban J connectivity index is 1.89. The molecule has 2 aliphatic rings. The predicted molar refractivity (Wildman–Crippen MR) is 52.9 cm³/mol. The van der Waals surface area contributed by atoms with Crippen LogP contribution < -0.4 is 5.32 Å². The number of nitrogens with one attached hydrogen (secondary N) is 1. The summed E-state index contributed by atoms with van der Waals surface area (Å²) >= 11 is 0. The second kappa shape index (κ2) is 4.57. The molecule has 1 fully saturated rings. The number of carbonyl (C=O) groups excluding carboxylic acids is 1. The molecule has 0 bridgehead atoms. The first-order valence-electron chi connectivity index (χ1n) is 5.13. The van der Waals surface area contributed by atoms with Crippen LogP contribution in [-0.2, 0) is 9.53 Å². The summed E-state index contributed by atoms with van der Waals surface area (Å²) in [5, 5.41) is 3.18. The maximum Gasteiger partial charge on any atom is 0.242 e. The van der Waals surface area contributed by atoms with Crippen LogP contribution >= 0.6 is 0 Å². The molecule has 2 rings (SSSR count). The number of amides is 1. The van der Waals surface area contributed by atoms with Crippen molar-refractivity contribution in [3.05, 3.63) is 12.2 Å². The fraction of sp³-hybridized carbons (Fsp3) is 0.700. The van der Waals surface area contributed by atoms with Crippen LogP contribution in [0.4, 0.5) is 0 Å². The van der Waals surface area contributed by atoms with E-state index >= 15 is 0 Å². The van der Waals surface area contributed by atoms with Crippen LogP contribution in [0, 0.1) is 0 Å². The van der Waals surface area contributed by atoms with E-state index in [1.807, 2.05) is 11.0 Å². The summed E-state index contributed by atoms with van der Waals surface area (Å²) in [6, 6.07) is -0.129. The van der Waals surface area contributed by atoms with Crippen LogP contribution in [0.15, 0.2) is 12.2 Å². The Bertz CT molecular complexity index is 234. The molecule has 14 heavy (non-hydrogen) atoms. The Hall–Kier alpha value is -0.870. The number of morpholine rings is 1. The van der Waals surface area contributed by atoms with Gasteiger partial charge in [-0.3, -0.25) is 4.79 Å². The van der Waals surface area contributed by atoms with E-state index in [2.05, 4.69) is 11.4 Å². The van der Waals surface area contributed by atoms with Gasteiger partial charge >= 0.3 is 0 Å². The fourth-order valence-corrected chi connectivity index (χ4v) is 1.79. The molecule has 0 saturated carbocycles. The lowest BCUT2D eigenvalue weighted by molar-refractivity contribution is -0.136. The van der Waals surface area contributed by atoms with Crippen molar-refractivity contribution in [1.82, 2.24) is 10.2 Å². The van der Waals surface area contributed by atoms with E-state index in [1.54, 1.807) is 0 Å². The summed E-state index contributed by atoms with van der Waals surface area (Å²) in [4.78, 5) is 13.8. The third kappa shape index (κ3) is 2.13. The zero-order valence-corrected chi connectivity index (χ0v) is 8.24. The summed E-state index contributed by atoms with van der Waals surface area (Å²) in [5.74, 6) is 0.175. The largest absolute Gasteiger partial charge is 0.378 e.